The van der Waals surface area contributed by atoms with Gasteiger partial charge >= 0.3 is 0 Å². The molecule has 0 amide bonds. The van der Waals surface area contributed by atoms with Crippen LogP contribution in [0, 0.1) is 13.8 Å². The van der Waals surface area contributed by atoms with Crippen molar-refractivity contribution in [3.63, 3.8) is 0 Å². The fourth-order valence-electron chi connectivity index (χ4n) is 1.90. The second-order valence-corrected chi connectivity index (χ2v) is 5.90. The van der Waals surface area contributed by atoms with E-state index in [0.29, 0.717) is 0 Å². The van der Waals surface area contributed by atoms with Gasteiger partial charge in [0.1, 0.15) is 10.0 Å². The maximum Gasteiger partial charge on any atom is 0.149 e. The van der Waals surface area contributed by atoms with Crippen LogP contribution in [0.3, 0.4) is 0 Å². The third kappa shape index (κ3) is 4.05. The van der Waals surface area contributed by atoms with Crippen LogP contribution in [0.5, 0.6) is 0 Å². The second kappa shape index (κ2) is 7.40. The first kappa shape index (κ1) is 15.0. The van der Waals surface area contributed by atoms with Gasteiger partial charge in [-0.25, -0.2) is 0 Å². The van der Waals surface area contributed by atoms with Crippen molar-refractivity contribution in [1.29, 1.82) is 0 Å². The molecule has 0 fully saturated rings. The molecule has 0 aliphatic carbocycles. The lowest BCUT2D eigenvalue weighted by Crippen LogP contribution is -2.16. The first-order valence-corrected chi connectivity index (χ1v) is 7.86. The van der Waals surface area contributed by atoms with E-state index in [4.69, 9.17) is 0 Å². The van der Waals surface area contributed by atoms with Crippen LogP contribution in [0.25, 0.3) is 10.6 Å². The van der Waals surface area contributed by atoms with Crippen molar-refractivity contribution in [2.24, 2.45) is 0 Å². The number of hydrogen-bond donors (Lipinski definition) is 1. The van der Waals surface area contributed by atoms with Gasteiger partial charge in [-0.3, -0.25) is 0 Å². The average molecular weight is 291 g/mol. The van der Waals surface area contributed by atoms with Gasteiger partial charge in [0.05, 0.1) is 11.4 Å². The third-order valence-electron chi connectivity index (χ3n) is 2.97. The Morgan fingerprint density at radius 3 is 2.75 bits per heavy atom. The summed E-state index contributed by atoms with van der Waals surface area (Å²) in [4.78, 5) is 0. The fourth-order valence-corrected chi connectivity index (χ4v) is 2.85. The molecule has 2 aromatic rings. The van der Waals surface area contributed by atoms with Crippen molar-refractivity contribution < 1.29 is 0 Å². The SMILES string of the molecule is CCCNCCCc1nnc(-c2cc(C)nnc2C)s1. The molecule has 0 radical (unpaired) electrons. The summed E-state index contributed by atoms with van der Waals surface area (Å²) in [6.07, 6.45) is 3.25. The van der Waals surface area contributed by atoms with Gasteiger partial charge in [0.15, 0.2) is 0 Å². The predicted molar refractivity (Wildman–Crippen MR) is 81.9 cm³/mol. The number of nitrogens with one attached hydrogen (secondary N) is 1. The summed E-state index contributed by atoms with van der Waals surface area (Å²) in [6.45, 7) is 8.20. The van der Waals surface area contributed by atoms with Gasteiger partial charge in [0.2, 0.25) is 0 Å². The van der Waals surface area contributed by atoms with Crippen LogP contribution in [-0.2, 0) is 6.42 Å². The van der Waals surface area contributed by atoms with Crippen LogP contribution in [0.4, 0.5) is 0 Å². The normalized spacial score (nSPS) is 10.9. The van der Waals surface area contributed by atoms with E-state index in [1.54, 1.807) is 11.3 Å². The highest BCUT2D eigenvalue weighted by Gasteiger charge is 2.10. The molecule has 0 unspecified atom stereocenters. The van der Waals surface area contributed by atoms with Crippen molar-refractivity contribution in [3.8, 4) is 10.6 Å². The summed E-state index contributed by atoms with van der Waals surface area (Å²) in [5, 5.41) is 22.2. The highest BCUT2D eigenvalue weighted by atomic mass is 32.1. The van der Waals surface area contributed by atoms with Gasteiger partial charge in [0.25, 0.3) is 0 Å². The van der Waals surface area contributed by atoms with Crippen molar-refractivity contribution in [2.45, 2.75) is 40.0 Å². The Hall–Kier alpha value is -1.40. The Bertz CT molecular complexity index is 552. The van der Waals surface area contributed by atoms with Crippen molar-refractivity contribution in [2.75, 3.05) is 13.1 Å². The molecule has 0 atom stereocenters. The Kier molecular flexibility index (Phi) is 5.55. The lowest BCUT2D eigenvalue weighted by Gasteiger charge is -2.00. The molecule has 0 saturated heterocycles. The van der Waals surface area contributed by atoms with Gasteiger partial charge in [-0.05, 0) is 45.8 Å². The van der Waals surface area contributed by atoms with E-state index in [2.05, 4.69) is 32.6 Å². The molecule has 0 aromatic carbocycles. The molecule has 2 heterocycles. The molecule has 1 N–H and O–H groups in total. The highest BCUT2D eigenvalue weighted by Crippen LogP contribution is 2.26. The van der Waals surface area contributed by atoms with E-state index < -0.39 is 0 Å². The summed E-state index contributed by atoms with van der Waals surface area (Å²) in [5.41, 5.74) is 2.86. The van der Waals surface area contributed by atoms with E-state index >= 15 is 0 Å². The first-order valence-electron chi connectivity index (χ1n) is 7.05. The number of nitrogens with zero attached hydrogens (tertiary/aromatic N) is 4. The molecule has 0 aliphatic rings. The largest absolute Gasteiger partial charge is 0.317 e. The molecule has 0 spiro atoms. The van der Waals surface area contributed by atoms with Crippen molar-refractivity contribution >= 4 is 11.3 Å². The zero-order chi connectivity index (χ0) is 14.4. The van der Waals surface area contributed by atoms with E-state index in [0.717, 1.165) is 52.9 Å². The van der Waals surface area contributed by atoms with Gasteiger partial charge in [-0.1, -0.05) is 18.3 Å². The molecule has 6 heteroatoms. The van der Waals surface area contributed by atoms with Crippen molar-refractivity contribution in [3.05, 3.63) is 22.5 Å². The minimum absolute atomic E-state index is 0.905. The first-order chi connectivity index (χ1) is 9.70. The summed E-state index contributed by atoms with van der Waals surface area (Å²) < 4.78 is 0. The molecule has 2 rings (SSSR count). The van der Waals surface area contributed by atoms with Gasteiger partial charge < -0.3 is 5.32 Å². The van der Waals surface area contributed by atoms with Crippen LogP contribution >= 0.6 is 11.3 Å². The minimum Gasteiger partial charge on any atom is -0.317 e. The molecule has 0 aliphatic heterocycles. The van der Waals surface area contributed by atoms with E-state index in [1.807, 2.05) is 19.9 Å². The summed E-state index contributed by atoms with van der Waals surface area (Å²) in [5.74, 6) is 0. The van der Waals surface area contributed by atoms with Gasteiger partial charge in [-0.15, -0.1) is 10.2 Å². The number of aromatic nitrogens is 4. The highest BCUT2D eigenvalue weighted by molar-refractivity contribution is 7.14. The maximum atomic E-state index is 4.28. The monoisotopic (exact) mass is 291 g/mol. The Balaban J connectivity index is 1.96. The number of hydrogen-bond acceptors (Lipinski definition) is 6. The fraction of sp³-hybridized carbons (Fsp3) is 0.571. The molecule has 108 valence electrons. The lowest BCUT2D eigenvalue weighted by molar-refractivity contribution is 0.637. The van der Waals surface area contributed by atoms with Crippen molar-refractivity contribution in [1.82, 2.24) is 25.7 Å². The Labute approximate surface area is 123 Å². The van der Waals surface area contributed by atoms with E-state index in [1.165, 1.54) is 6.42 Å². The van der Waals surface area contributed by atoms with Crippen LogP contribution in [-0.4, -0.2) is 33.5 Å². The average Bonchev–Trinajstić information content (AvgIpc) is 2.90. The molecule has 5 nitrogen and oxygen atoms in total. The zero-order valence-corrected chi connectivity index (χ0v) is 13.1. The standard InChI is InChI=1S/C14H21N5S/c1-4-7-15-8-5-6-13-18-19-14(20-13)12-9-10(2)16-17-11(12)3/h9,15H,4-8H2,1-3H3. The van der Waals surface area contributed by atoms with Crippen LogP contribution in [0.2, 0.25) is 0 Å². The number of aryl methyl sites for hydroxylation is 3. The lowest BCUT2D eigenvalue weighted by atomic mass is 10.2. The summed E-state index contributed by atoms with van der Waals surface area (Å²) in [6, 6.07) is 2.02. The van der Waals surface area contributed by atoms with Gasteiger partial charge in [0, 0.05) is 12.0 Å². The minimum atomic E-state index is 0.905. The Morgan fingerprint density at radius 2 is 1.95 bits per heavy atom. The molecule has 20 heavy (non-hydrogen) atoms. The summed E-state index contributed by atoms with van der Waals surface area (Å²) >= 11 is 1.65. The molecule has 0 bridgehead atoms. The molecular formula is C14H21N5S. The molecule has 0 saturated carbocycles. The maximum absolute atomic E-state index is 4.28. The third-order valence-corrected chi connectivity index (χ3v) is 3.99. The summed E-state index contributed by atoms with van der Waals surface area (Å²) in [7, 11) is 0. The van der Waals surface area contributed by atoms with E-state index in [9.17, 15) is 0 Å². The number of rotatable bonds is 7. The quantitative estimate of drug-likeness (QED) is 0.794. The zero-order valence-electron chi connectivity index (χ0n) is 12.3. The second-order valence-electron chi connectivity index (χ2n) is 4.84. The van der Waals surface area contributed by atoms with Gasteiger partial charge in [-0.2, -0.15) is 10.2 Å². The van der Waals surface area contributed by atoms with Crippen LogP contribution in [0.15, 0.2) is 6.07 Å². The Morgan fingerprint density at radius 1 is 1.10 bits per heavy atom. The predicted octanol–water partition coefficient (Wildman–Crippen LogP) is 2.54. The molecule has 2 aromatic heterocycles. The smallest absolute Gasteiger partial charge is 0.149 e. The van der Waals surface area contributed by atoms with Crippen LogP contribution < -0.4 is 5.32 Å². The topological polar surface area (TPSA) is 63.6 Å². The van der Waals surface area contributed by atoms with Crippen LogP contribution in [0.1, 0.15) is 36.2 Å². The van der Waals surface area contributed by atoms with E-state index in [-0.39, 0.29) is 0 Å². The molecular weight excluding hydrogens is 270 g/mol.